The summed E-state index contributed by atoms with van der Waals surface area (Å²) in [5.41, 5.74) is 0.878. The maximum Gasteiger partial charge on any atom is 0.230 e. The average Bonchev–Trinajstić information content (AvgIpc) is 2.29. The normalized spacial score (nSPS) is 9.94. The van der Waals surface area contributed by atoms with Crippen LogP contribution < -0.4 is 10.1 Å². The lowest BCUT2D eigenvalue weighted by molar-refractivity contribution is -0.118. The molecule has 0 unspecified atom stereocenters. The zero-order valence-electron chi connectivity index (χ0n) is 8.93. The van der Waals surface area contributed by atoms with Crippen molar-refractivity contribution in [3.8, 4) is 5.75 Å². The summed E-state index contributed by atoms with van der Waals surface area (Å²) < 4.78 is 5.44. The van der Waals surface area contributed by atoms with Crippen LogP contribution in [0.3, 0.4) is 0 Å². The molecule has 5 heteroatoms. The number of hydrogen-bond donors (Lipinski definition) is 1. The van der Waals surface area contributed by atoms with E-state index in [0.29, 0.717) is 18.2 Å². The van der Waals surface area contributed by atoms with Gasteiger partial charge in [-0.15, -0.1) is 0 Å². The number of ether oxygens (including phenoxy) is 1. The lowest BCUT2D eigenvalue weighted by Gasteiger charge is -2.11. The predicted octanol–water partition coefficient (Wildman–Crippen LogP) is 2.75. The largest absolute Gasteiger partial charge is 0.494 e. The molecule has 1 N–H and O–H groups in total. The van der Waals surface area contributed by atoms with Crippen molar-refractivity contribution in [1.82, 2.24) is 5.32 Å². The van der Waals surface area contributed by atoms with Crippen molar-refractivity contribution < 1.29 is 9.53 Å². The van der Waals surface area contributed by atoms with Gasteiger partial charge in [0.2, 0.25) is 5.91 Å². The Hall–Kier alpha value is -0.740. The minimum absolute atomic E-state index is 0.0672. The Morgan fingerprint density at radius 2 is 2.31 bits per heavy atom. The molecule has 0 aliphatic heterocycles. The summed E-state index contributed by atoms with van der Waals surface area (Å²) in [7, 11) is 0. The molecule has 1 aromatic rings. The summed E-state index contributed by atoms with van der Waals surface area (Å²) in [6.45, 7) is 2.91. The Labute approximate surface area is 108 Å². The molecule has 0 fully saturated rings. The number of amides is 1. The van der Waals surface area contributed by atoms with E-state index in [4.69, 9.17) is 16.3 Å². The van der Waals surface area contributed by atoms with Gasteiger partial charge in [-0.2, -0.15) is 0 Å². The van der Waals surface area contributed by atoms with Crippen LogP contribution in [0, 0.1) is 0 Å². The Morgan fingerprint density at radius 3 is 2.94 bits per heavy atom. The van der Waals surface area contributed by atoms with Gasteiger partial charge in [0, 0.05) is 17.1 Å². The zero-order valence-corrected chi connectivity index (χ0v) is 11.3. The number of carbonyl (C=O) groups excluding carboxylic acids is 1. The van der Waals surface area contributed by atoms with Gasteiger partial charge in [-0.1, -0.05) is 27.5 Å². The SMILES string of the molecule is CCOc1ccc(Cl)cc1CNC(=O)CBr. The molecule has 0 aliphatic rings. The van der Waals surface area contributed by atoms with E-state index in [1.165, 1.54) is 0 Å². The van der Waals surface area contributed by atoms with Crippen LogP contribution in [-0.2, 0) is 11.3 Å². The first kappa shape index (κ1) is 13.3. The Balaban J connectivity index is 2.75. The summed E-state index contributed by atoms with van der Waals surface area (Å²) in [6, 6.07) is 5.37. The predicted molar refractivity (Wildman–Crippen MR) is 68.3 cm³/mol. The highest BCUT2D eigenvalue weighted by atomic mass is 79.9. The molecular formula is C11H13BrClNO2. The summed E-state index contributed by atoms with van der Waals surface area (Å²) in [5.74, 6) is 0.684. The molecule has 0 atom stereocenters. The quantitative estimate of drug-likeness (QED) is 0.850. The van der Waals surface area contributed by atoms with Crippen LogP contribution in [0.25, 0.3) is 0 Å². The fraction of sp³-hybridized carbons (Fsp3) is 0.364. The van der Waals surface area contributed by atoms with Gasteiger partial charge in [-0.3, -0.25) is 4.79 Å². The molecule has 0 spiro atoms. The second kappa shape index (κ2) is 6.76. The monoisotopic (exact) mass is 305 g/mol. The summed E-state index contributed by atoms with van der Waals surface area (Å²) in [5, 5.41) is 3.67. The molecule has 0 radical (unpaired) electrons. The van der Waals surface area contributed by atoms with Gasteiger partial charge >= 0.3 is 0 Å². The molecule has 3 nitrogen and oxygen atoms in total. The first-order chi connectivity index (χ1) is 7.67. The fourth-order valence-electron chi connectivity index (χ4n) is 1.22. The van der Waals surface area contributed by atoms with Gasteiger partial charge in [0.25, 0.3) is 0 Å². The van der Waals surface area contributed by atoms with Crippen LogP contribution in [-0.4, -0.2) is 17.8 Å². The molecule has 16 heavy (non-hydrogen) atoms. The third-order valence-electron chi connectivity index (χ3n) is 1.92. The number of alkyl halides is 1. The van der Waals surface area contributed by atoms with Gasteiger partial charge in [-0.25, -0.2) is 0 Å². The number of rotatable bonds is 5. The van der Waals surface area contributed by atoms with E-state index >= 15 is 0 Å². The first-order valence-corrected chi connectivity index (χ1v) is 6.41. The zero-order chi connectivity index (χ0) is 12.0. The van der Waals surface area contributed by atoms with E-state index in [0.717, 1.165) is 11.3 Å². The molecule has 0 saturated carbocycles. The van der Waals surface area contributed by atoms with Crippen molar-refractivity contribution in [3.63, 3.8) is 0 Å². The molecule has 1 aromatic carbocycles. The second-order valence-electron chi connectivity index (χ2n) is 3.10. The van der Waals surface area contributed by atoms with Crippen molar-refractivity contribution in [2.24, 2.45) is 0 Å². The van der Waals surface area contributed by atoms with Crippen LogP contribution >= 0.6 is 27.5 Å². The standard InChI is InChI=1S/C11H13BrClNO2/c1-2-16-10-4-3-9(13)5-8(10)7-14-11(15)6-12/h3-5H,2,6-7H2,1H3,(H,14,15). The highest BCUT2D eigenvalue weighted by Crippen LogP contribution is 2.22. The van der Waals surface area contributed by atoms with E-state index in [9.17, 15) is 4.79 Å². The van der Waals surface area contributed by atoms with Gasteiger partial charge in [0.15, 0.2) is 0 Å². The number of hydrogen-bond acceptors (Lipinski definition) is 2. The summed E-state index contributed by atoms with van der Waals surface area (Å²) >= 11 is 8.97. The van der Waals surface area contributed by atoms with Gasteiger partial charge < -0.3 is 10.1 Å². The van der Waals surface area contributed by atoms with E-state index in [-0.39, 0.29) is 11.2 Å². The van der Waals surface area contributed by atoms with Gasteiger partial charge in [-0.05, 0) is 25.1 Å². The van der Waals surface area contributed by atoms with E-state index in [1.54, 1.807) is 12.1 Å². The Bertz CT molecular complexity index is 371. The number of nitrogens with one attached hydrogen (secondary N) is 1. The number of carbonyl (C=O) groups is 1. The highest BCUT2D eigenvalue weighted by molar-refractivity contribution is 9.09. The lowest BCUT2D eigenvalue weighted by atomic mass is 10.2. The summed E-state index contributed by atoms with van der Waals surface area (Å²) in [6.07, 6.45) is 0. The van der Waals surface area contributed by atoms with Crippen molar-refractivity contribution in [2.75, 3.05) is 11.9 Å². The van der Waals surface area contributed by atoms with Crippen LogP contribution in [0.5, 0.6) is 5.75 Å². The van der Waals surface area contributed by atoms with Crippen molar-refractivity contribution in [1.29, 1.82) is 0 Å². The number of benzene rings is 1. The van der Waals surface area contributed by atoms with Crippen LogP contribution in [0.4, 0.5) is 0 Å². The molecule has 1 amide bonds. The fourth-order valence-corrected chi connectivity index (χ4v) is 1.62. The molecule has 0 saturated heterocycles. The molecular weight excluding hydrogens is 293 g/mol. The van der Waals surface area contributed by atoms with Crippen LogP contribution in [0.2, 0.25) is 5.02 Å². The third kappa shape index (κ3) is 4.02. The number of halogens is 2. The molecule has 1 rings (SSSR count). The Kier molecular flexibility index (Phi) is 5.63. The van der Waals surface area contributed by atoms with Crippen molar-refractivity contribution in [2.45, 2.75) is 13.5 Å². The van der Waals surface area contributed by atoms with Crippen LogP contribution in [0.15, 0.2) is 18.2 Å². The van der Waals surface area contributed by atoms with Gasteiger partial charge in [0.1, 0.15) is 5.75 Å². The van der Waals surface area contributed by atoms with Crippen molar-refractivity contribution >= 4 is 33.4 Å². The first-order valence-electron chi connectivity index (χ1n) is 4.91. The van der Waals surface area contributed by atoms with Crippen LogP contribution in [0.1, 0.15) is 12.5 Å². The topological polar surface area (TPSA) is 38.3 Å². The lowest BCUT2D eigenvalue weighted by Crippen LogP contribution is -2.23. The minimum Gasteiger partial charge on any atom is -0.494 e. The van der Waals surface area contributed by atoms with E-state index < -0.39 is 0 Å². The molecule has 0 bridgehead atoms. The molecule has 0 aliphatic carbocycles. The minimum atomic E-state index is -0.0672. The van der Waals surface area contributed by atoms with Gasteiger partial charge in [0.05, 0.1) is 11.9 Å². The molecule has 88 valence electrons. The highest BCUT2D eigenvalue weighted by Gasteiger charge is 2.06. The second-order valence-corrected chi connectivity index (χ2v) is 4.09. The molecule has 0 heterocycles. The molecule has 0 aromatic heterocycles. The third-order valence-corrected chi connectivity index (χ3v) is 2.66. The maximum atomic E-state index is 11.1. The van der Waals surface area contributed by atoms with Crippen molar-refractivity contribution in [3.05, 3.63) is 28.8 Å². The Morgan fingerprint density at radius 1 is 1.56 bits per heavy atom. The average molecular weight is 307 g/mol. The smallest absolute Gasteiger partial charge is 0.230 e. The summed E-state index contributed by atoms with van der Waals surface area (Å²) in [4.78, 5) is 11.1. The van der Waals surface area contributed by atoms with E-state index in [2.05, 4.69) is 21.2 Å². The van der Waals surface area contributed by atoms with E-state index in [1.807, 2.05) is 13.0 Å². The maximum absolute atomic E-state index is 11.1.